The Morgan fingerprint density at radius 2 is 1.82 bits per heavy atom. The van der Waals surface area contributed by atoms with E-state index in [9.17, 15) is 0 Å². The first-order valence-corrected chi connectivity index (χ1v) is 6.76. The second-order valence-corrected chi connectivity index (χ2v) is 4.74. The van der Waals surface area contributed by atoms with Crippen LogP contribution in [0.1, 0.15) is 19.8 Å². The van der Waals surface area contributed by atoms with Crippen molar-refractivity contribution in [1.82, 2.24) is 9.80 Å². The maximum Gasteiger partial charge on any atom is 0.0589 e. The van der Waals surface area contributed by atoms with E-state index in [-0.39, 0.29) is 0 Å². The summed E-state index contributed by atoms with van der Waals surface area (Å²) in [5.41, 5.74) is 0. The Bertz CT molecular complexity index is 190. The zero-order valence-corrected chi connectivity index (χ0v) is 11.7. The molecule has 102 valence electrons. The third-order valence-electron chi connectivity index (χ3n) is 3.57. The Labute approximate surface area is 106 Å². The molecule has 1 fully saturated rings. The van der Waals surface area contributed by atoms with Crippen LogP contribution >= 0.6 is 0 Å². The smallest absolute Gasteiger partial charge is 0.0589 e. The normalized spacial score (nSPS) is 23.1. The van der Waals surface area contributed by atoms with Crippen molar-refractivity contribution in [3.63, 3.8) is 0 Å². The summed E-state index contributed by atoms with van der Waals surface area (Å²) in [6.07, 6.45) is 2.37. The van der Waals surface area contributed by atoms with Crippen LogP contribution in [-0.2, 0) is 9.47 Å². The Morgan fingerprint density at radius 1 is 1.06 bits per heavy atom. The minimum atomic E-state index is 0.696. The lowest BCUT2D eigenvalue weighted by Gasteiger charge is -2.41. The molecule has 1 rings (SSSR count). The zero-order chi connectivity index (χ0) is 12.5. The highest BCUT2D eigenvalue weighted by Gasteiger charge is 2.24. The summed E-state index contributed by atoms with van der Waals surface area (Å²) < 4.78 is 10.3. The molecule has 1 saturated heterocycles. The van der Waals surface area contributed by atoms with Crippen LogP contribution in [0.25, 0.3) is 0 Å². The SMILES string of the molecule is CCC1CN(CCCOC)CCN1CCOC. The van der Waals surface area contributed by atoms with Crippen LogP contribution in [0.4, 0.5) is 0 Å². The van der Waals surface area contributed by atoms with Gasteiger partial charge in [0.2, 0.25) is 0 Å². The van der Waals surface area contributed by atoms with Gasteiger partial charge < -0.3 is 14.4 Å². The molecule has 0 aromatic carbocycles. The molecule has 1 atom stereocenters. The molecule has 0 aliphatic carbocycles. The quantitative estimate of drug-likeness (QED) is 0.596. The monoisotopic (exact) mass is 244 g/mol. The van der Waals surface area contributed by atoms with Gasteiger partial charge in [0.05, 0.1) is 6.61 Å². The molecule has 0 saturated carbocycles. The fraction of sp³-hybridized carbons (Fsp3) is 1.00. The van der Waals surface area contributed by atoms with Gasteiger partial charge in [-0.15, -0.1) is 0 Å². The van der Waals surface area contributed by atoms with Gasteiger partial charge in [0.25, 0.3) is 0 Å². The van der Waals surface area contributed by atoms with E-state index < -0.39 is 0 Å². The summed E-state index contributed by atoms with van der Waals surface area (Å²) in [7, 11) is 3.56. The summed E-state index contributed by atoms with van der Waals surface area (Å²) in [6, 6.07) is 0.696. The molecule has 0 N–H and O–H groups in total. The molecule has 0 spiro atoms. The third-order valence-corrected chi connectivity index (χ3v) is 3.57. The number of methoxy groups -OCH3 is 2. The van der Waals surface area contributed by atoms with E-state index in [2.05, 4.69) is 16.7 Å². The average molecular weight is 244 g/mol. The molecular weight excluding hydrogens is 216 g/mol. The number of piperazine rings is 1. The average Bonchev–Trinajstić information content (AvgIpc) is 2.37. The lowest BCUT2D eigenvalue weighted by atomic mass is 10.1. The van der Waals surface area contributed by atoms with Crippen LogP contribution in [0.3, 0.4) is 0 Å². The van der Waals surface area contributed by atoms with Crippen molar-refractivity contribution in [3.8, 4) is 0 Å². The fourth-order valence-electron chi connectivity index (χ4n) is 2.48. The van der Waals surface area contributed by atoms with Crippen molar-refractivity contribution >= 4 is 0 Å². The lowest BCUT2D eigenvalue weighted by molar-refractivity contribution is 0.0460. The predicted octanol–water partition coefficient (Wildman–Crippen LogP) is 1.07. The van der Waals surface area contributed by atoms with E-state index >= 15 is 0 Å². The molecule has 1 aliphatic heterocycles. The number of hydrogen-bond donors (Lipinski definition) is 0. The number of rotatable bonds is 8. The molecule has 0 aromatic heterocycles. The van der Waals surface area contributed by atoms with Gasteiger partial charge in [0.15, 0.2) is 0 Å². The van der Waals surface area contributed by atoms with Gasteiger partial charge in [0.1, 0.15) is 0 Å². The Balaban J connectivity index is 2.27. The van der Waals surface area contributed by atoms with Gasteiger partial charge in [-0.25, -0.2) is 0 Å². The van der Waals surface area contributed by atoms with E-state index in [1.54, 1.807) is 14.2 Å². The van der Waals surface area contributed by atoms with E-state index in [1.807, 2.05) is 0 Å². The summed E-state index contributed by atoms with van der Waals surface area (Å²) in [6.45, 7) is 9.80. The molecule has 0 aromatic rings. The molecular formula is C13H28N2O2. The predicted molar refractivity (Wildman–Crippen MR) is 70.5 cm³/mol. The molecule has 4 heteroatoms. The minimum absolute atomic E-state index is 0.696. The van der Waals surface area contributed by atoms with Crippen LogP contribution in [0.5, 0.6) is 0 Å². The van der Waals surface area contributed by atoms with Crippen molar-refractivity contribution < 1.29 is 9.47 Å². The van der Waals surface area contributed by atoms with E-state index in [1.165, 1.54) is 32.6 Å². The van der Waals surface area contributed by atoms with Gasteiger partial charge in [-0.2, -0.15) is 0 Å². The van der Waals surface area contributed by atoms with Crippen LogP contribution in [-0.4, -0.2) is 76.0 Å². The summed E-state index contributed by atoms with van der Waals surface area (Å²) in [5, 5.41) is 0. The highest BCUT2D eigenvalue weighted by atomic mass is 16.5. The summed E-state index contributed by atoms with van der Waals surface area (Å²) in [5.74, 6) is 0. The maximum atomic E-state index is 5.17. The van der Waals surface area contributed by atoms with Crippen molar-refractivity contribution in [2.45, 2.75) is 25.8 Å². The molecule has 0 amide bonds. The van der Waals surface area contributed by atoms with E-state index in [4.69, 9.17) is 9.47 Å². The second kappa shape index (κ2) is 8.86. The molecule has 4 nitrogen and oxygen atoms in total. The van der Waals surface area contributed by atoms with Crippen LogP contribution in [0.15, 0.2) is 0 Å². The van der Waals surface area contributed by atoms with Gasteiger partial charge in [0, 0.05) is 59.6 Å². The highest BCUT2D eigenvalue weighted by Crippen LogP contribution is 2.12. The first-order chi connectivity index (χ1) is 8.31. The fourth-order valence-corrected chi connectivity index (χ4v) is 2.48. The van der Waals surface area contributed by atoms with Crippen molar-refractivity contribution in [1.29, 1.82) is 0 Å². The second-order valence-electron chi connectivity index (χ2n) is 4.74. The van der Waals surface area contributed by atoms with Gasteiger partial charge in [-0.3, -0.25) is 4.90 Å². The Morgan fingerprint density at radius 3 is 2.47 bits per heavy atom. The van der Waals surface area contributed by atoms with Crippen LogP contribution in [0, 0.1) is 0 Å². The molecule has 17 heavy (non-hydrogen) atoms. The van der Waals surface area contributed by atoms with Crippen LogP contribution in [0.2, 0.25) is 0 Å². The molecule has 1 heterocycles. The number of ether oxygens (including phenoxy) is 2. The maximum absolute atomic E-state index is 5.17. The van der Waals surface area contributed by atoms with Crippen molar-refractivity contribution in [2.75, 3.05) is 60.2 Å². The highest BCUT2D eigenvalue weighted by molar-refractivity contribution is 4.81. The minimum Gasteiger partial charge on any atom is -0.385 e. The molecule has 0 bridgehead atoms. The Kier molecular flexibility index (Phi) is 7.77. The van der Waals surface area contributed by atoms with Crippen molar-refractivity contribution in [2.24, 2.45) is 0 Å². The third kappa shape index (κ3) is 5.34. The molecule has 1 unspecified atom stereocenters. The molecule has 0 radical (unpaired) electrons. The van der Waals surface area contributed by atoms with Gasteiger partial charge >= 0.3 is 0 Å². The number of hydrogen-bond acceptors (Lipinski definition) is 4. The standard InChI is InChI=1S/C13H28N2O2/c1-4-13-12-14(6-5-10-16-2)7-8-15(13)9-11-17-3/h13H,4-12H2,1-3H3. The number of nitrogens with zero attached hydrogens (tertiary/aromatic N) is 2. The first-order valence-electron chi connectivity index (χ1n) is 6.76. The van der Waals surface area contributed by atoms with Gasteiger partial charge in [-0.05, 0) is 12.8 Å². The largest absolute Gasteiger partial charge is 0.385 e. The molecule has 1 aliphatic rings. The summed E-state index contributed by atoms with van der Waals surface area (Å²) >= 11 is 0. The van der Waals surface area contributed by atoms with E-state index in [0.717, 1.165) is 26.2 Å². The lowest BCUT2D eigenvalue weighted by Crippen LogP contribution is -2.53. The topological polar surface area (TPSA) is 24.9 Å². The Hall–Kier alpha value is -0.160. The van der Waals surface area contributed by atoms with Gasteiger partial charge in [-0.1, -0.05) is 6.92 Å². The zero-order valence-electron chi connectivity index (χ0n) is 11.7. The summed E-state index contributed by atoms with van der Waals surface area (Å²) in [4.78, 5) is 5.13. The van der Waals surface area contributed by atoms with Crippen molar-refractivity contribution in [3.05, 3.63) is 0 Å². The van der Waals surface area contributed by atoms with E-state index in [0.29, 0.717) is 6.04 Å². The first kappa shape index (κ1) is 14.9. The van der Waals surface area contributed by atoms with Crippen LogP contribution < -0.4 is 0 Å².